The van der Waals surface area contributed by atoms with Crippen molar-refractivity contribution in [1.29, 1.82) is 0 Å². The summed E-state index contributed by atoms with van der Waals surface area (Å²) in [5.41, 5.74) is 2.24. The summed E-state index contributed by atoms with van der Waals surface area (Å²) in [6, 6.07) is 8.15. The summed E-state index contributed by atoms with van der Waals surface area (Å²) in [6.07, 6.45) is 2.14. The number of anilines is 1. The molecular formula is C13H17NO. The van der Waals surface area contributed by atoms with E-state index in [1.54, 1.807) is 0 Å². The van der Waals surface area contributed by atoms with Crippen molar-refractivity contribution in [2.24, 2.45) is 5.92 Å². The van der Waals surface area contributed by atoms with Crippen molar-refractivity contribution in [3.05, 3.63) is 29.8 Å². The zero-order valence-corrected chi connectivity index (χ0v) is 9.36. The fourth-order valence-corrected chi connectivity index (χ4v) is 1.81. The van der Waals surface area contributed by atoms with Crippen LogP contribution in [0.1, 0.15) is 25.3 Å². The van der Waals surface area contributed by atoms with Crippen LogP contribution < -0.4 is 4.90 Å². The van der Waals surface area contributed by atoms with E-state index in [9.17, 15) is 4.79 Å². The summed E-state index contributed by atoms with van der Waals surface area (Å²) in [4.78, 5) is 13.9. The van der Waals surface area contributed by atoms with Crippen molar-refractivity contribution < 1.29 is 4.79 Å². The van der Waals surface area contributed by atoms with Gasteiger partial charge in [0.25, 0.3) is 0 Å². The van der Waals surface area contributed by atoms with Gasteiger partial charge in [0.05, 0.1) is 0 Å². The molecule has 1 amide bonds. The van der Waals surface area contributed by atoms with E-state index in [0.29, 0.717) is 11.8 Å². The Labute approximate surface area is 90.9 Å². The average Bonchev–Trinajstić information content (AvgIpc) is 3.02. The van der Waals surface area contributed by atoms with Crippen LogP contribution in [0.5, 0.6) is 0 Å². The molecule has 0 radical (unpaired) electrons. The Kier molecular flexibility index (Phi) is 2.76. The lowest BCUT2D eigenvalue weighted by atomic mass is 10.2. The van der Waals surface area contributed by atoms with Crippen molar-refractivity contribution in [3.63, 3.8) is 0 Å². The Balaban J connectivity index is 2.21. The van der Waals surface area contributed by atoms with E-state index in [-0.39, 0.29) is 0 Å². The molecule has 80 valence electrons. The normalized spacial score (nSPS) is 15.1. The highest BCUT2D eigenvalue weighted by molar-refractivity contribution is 5.96. The Hall–Kier alpha value is -1.31. The number of carbonyl (C=O) groups excluding carboxylic acids is 1. The third kappa shape index (κ3) is 2.20. The van der Waals surface area contributed by atoms with Gasteiger partial charge in [-0.2, -0.15) is 0 Å². The lowest BCUT2D eigenvalue weighted by Gasteiger charge is -2.21. The lowest BCUT2D eigenvalue weighted by molar-refractivity contribution is -0.119. The van der Waals surface area contributed by atoms with Gasteiger partial charge in [0, 0.05) is 18.2 Å². The monoisotopic (exact) mass is 203 g/mol. The summed E-state index contributed by atoms with van der Waals surface area (Å²) in [5.74, 6) is 0.591. The number of hydrogen-bond acceptors (Lipinski definition) is 1. The van der Waals surface area contributed by atoms with Crippen LogP contribution in [0.15, 0.2) is 24.3 Å². The standard InChI is InChI=1S/C13H17NO/c1-3-14(13(15)11-7-8-11)12-6-4-5-10(2)9-12/h4-6,9,11H,3,7-8H2,1-2H3. The van der Waals surface area contributed by atoms with Gasteiger partial charge in [-0.25, -0.2) is 0 Å². The fourth-order valence-electron chi connectivity index (χ4n) is 1.81. The van der Waals surface area contributed by atoms with E-state index < -0.39 is 0 Å². The Bertz CT molecular complexity index is 369. The topological polar surface area (TPSA) is 20.3 Å². The molecule has 1 saturated carbocycles. The van der Waals surface area contributed by atoms with Gasteiger partial charge in [0.2, 0.25) is 5.91 Å². The third-order valence-electron chi connectivity index (χ3n) is 2.82. The predicted octanol–water partition coefficient (Wildman–Crippen LogP) is 2.76. The molecule has 0 saturated heterocycles. The van der Waals surface area contributed by atoms with Crippen molar-refractivity contribution >= 4 is 11.6 Å². The van der Waals surface area contributed by atoms with Gasteiger partial charge >= 0.3 is 0 Å². The van der Waals surface area contributed by atoms with Gasteiger partial charge in [-0.15, -0.1) is 0 Å². The van der Waals surface area contributed by atoms with Crippen LogP contribution in [-0.2, 0) is 4.79 Å². The maximum absolute atomic E-state index is 12.0. The Morgan fingerprint density at radius 3 is 2.73 bits per heavy atom. The average molecular weight is 203 g/mol. The Morgan fingerprint density at radius 1 is 1.47 bits per heavy atom. The van der Waals surface area contributed by atoms with E-state index in [2.05, 4.69) is 19.1 Å². The first-order valence-electron chi connectivity index (χ1n) is 5.60. The molecular weight excluding hydrogens is 186 g/mol. The van der Waals surface area contributed by atoms with Crippen molar-refractivity contribution in [1.82, 2.24) is 0 Å². The molecule has 0 aliphatic heterocycles. The molecule has 2 nitrogen and oxygen atoms in total. The minimum absolute atomic E-state index is 0.295. The van der Waals surface area contributed by atoms with Crippen molar-refractivity contribution in [2.75, 3.05) is 11.4 Å². The fraction of sp³-hybridized carbons (Fsp3) is 0.462. The molecule has 0 aromatic heterocycles. The molecule has 1 aliphatic rings. The minimum Gasteiger partial charge on any atom is -0.312 e. The lowest BCUT2D eigenvalue weighted by Crippen LogP contribution is -2.31. The minimum atomic E-state index is 0.295. The number of aryl methyl sites for hydroxylation is 1. The predicted molar refractivity (Wildman–Crippen MR) is 61.9 cm³/mol. The molecule has 1 aromatic rings. The van der Waals surface area contributed by atoms with Crippen LogP contribution in [0.2, 0.25) is 0 Å². The maximum atomic E-state index is 12.0. The zero-order valence-electron chi connectivity index (χ0n) is 9.36. The van der Waals surface area contributed by atoms with E-state index in [1.807, 2.05) is 24.0 Å². The molecule has 0 spiro atoms. The molecule has 0 atom stereocenters. The molecule has 2 rings (SSSR count). The molecule has 0 N–H and O–H groups in total. The summed E-state index contributed by atoms with van der Waals surface area (Å²) >= 11 is 0. The van der Waals surface area contributed by atoms with Gasteiger partial charge in [-0.05, 0) is 44.4 Å². The SMILES string of the molecule is CCN(C(=O)C1CC1)c1cccc(C)c1. The number of hydrogen-bond donors (Lipinski definition) is 0. The molecule has 0 bridgehead atoms. The second kappa shape index (κ2) is 4.05. The van der Waals surface area contributed by atoms with Crippen LogP contribution in [-0.4, -0.2) is 12.5 Å². The maximum Gasteiger partial charge on any atom is 0.230 e. The zero-order chi connectivity index (χ0) is 10.8. The van der Waals surface area contributed by atoms with Gasteiger partial charge < -0.3 is 4.90 Å². The largest absolute Gasteiger partial charge is 0.312 e. The van der Waals surface area contributed by atoms with Crippen LogP contribution in [0.3, 0.4) is 0 Å². The number of carbonyl (C=O) groups is 1. The summed E-state index contributed by atoms with van der Waals surface area (Å²) in [7, 11) is 0. The van der Waals surface area contributed by atoms with Gasteiger partial charge in [0.15, 0.2) is 0 Å². The molecule has 0 heterocycles. The highest BCUT2D eigenvalue weighted by atomic mass is 16.2. The number of rotatable bonds is 3. The van der Waals surface area contributed by atoms with E-state index >= 15 is 0 Å². The summed E-state index contributed by atoms with van der Waals surface area (Å²) < 4.78 is 0. The van der Waals surface area contributed by atoms with Gasteiger partial charge in [-0.1, -0.05) is 12.1 Å². The summed E-state index contributed by atoms with van der Waals surface area (Å²) in [6.45, 7) is 4.85. The number of benzene rings is 1. The van der Waals surface area contributed by atoms with E-state index in [0.717, 1.165) is 25.1 Å². The second-order valence-electron chi connectivity index (χ2n) is 4.20. The number of amides is 1. The Morgan fingerprint density at radius 2 is 2.20 bits per heavy atom. The molecule has 1 aromatic carbocycles. The van der Waals surface area contributed by atoms with Crippen LogP contribution in [0.25, 0.3) is 0 Å². The van der Waals surface area contributed by atoms with Crippen molar-refractivity contribution in [3.8, 4) is 0 Å². The first kappa shape index (κ1) is 10.2. The smallest absolute Gasteiger partial charge is 0.230 e. The number of nitrogens with zero attached hydrogens (tertiary/aromatic N) is 1. The highest BCUT2D eigenvalue weighted by Crippen LogP contribution is 2.32. The second-order valence-corrected chi connectivity index (χ2v) is 4.20. The van der Waals surface area contributed by atoms with E-state index in [1.165, 1.54) is 5.56 Å². The summed E-state index contributed by atoms with van der Waals surface area (Å²) in [5, 5.41) is 0. The van der Waals surface area contributed by atoms with Crippen LogP contribution in [0.4, 0.5) is 5.69 Å². The van der Waals surface area contributed by atoms with Gasteiger partial charge in [-0.3, -0.25) is 4.79 Å². The third-order valence-corrected chi connectivity index (χ3v) is 2.82. The molecule has 0 unspecified atom stereocenters. The first-order chi connectivity index (χ1) is 7.22. The van der Waals surface area contributed by atoms with Crippen molar-refractivity contribution in [2.45, 2.75) is 26.7 Å². The molecule has 1 fully saturated rings. The van der Waals surface area contributed by atoms with Crippen LogP contribution >= 0.6 is 0 Å². The van der Waals surface area contributed by atoms with Crippen LogP contribution in [0, 0.1) is 12.8 Å². The molecule has 15 heavy (non-hydrogen) atoms. The molecule has 2 heteroatoms. The first-order valence-corrected chi connectivity index (χ1v) is 5.60. The van der Waals surface area contributed by atoms with E-state index in [4.69, 9.17) is 0 Å². The highest BCUT2D eigenvalue weighted by Gasteiger charge is 2.33. The molecule has 1 aliphatic carbocycles. The quantitative estimate of drug-likeness (QED) is 0.739. The van der Waals surface area contributed by atoms with Gasteiger partial charge in [0.1, 0.15) is 0 Å².